The van der Waals surface area contributed by atoms with E-state index in [9.17, 15) is 0 Å². The first-order chi connectivity index (χ1) is 32.5. The van der Waals surface area contributed by atoms with Crippen molar-refractivity contribution in [3.05, 3.63) is 280 Å². The number of allylic oxidation sites excluding steroid dienone is 13. The number of para-hydroxylation sites is 1. The molecule has 1 unspecified atom stereocenters. The summed E-state index contributed by atoms with van der Waals surface area (Å²) in [5, 5.41) is 0. The first-order valence-corrected chi connectivity index (χ1v) is 23.3. The van der Waals surface area contributed by atoms with Crippen molar-refractivity contribution in [3.63, 3.8) is 0 Å². The quantitative estimate of drug-likeness (QED) is 0.109. The molecule has 0 aromatic heterocycles. The minimum Gasteiger partial charge on any atom is -0.314 e. The molecule has 66 heavy (non-hydrogen) atoms. The van der Waals surface area contributed by atoms with Crippen LogP contribution in [-0.4, -0.2) is 0 Å². The fourth-order valence-corrected chi connectivity index (χ4v) is 12.0. The average molecular weight is 844 g/mol. The van der Waals surface area contributed by atoms with Crippen molar-refractivity contribution >= 4 is 28.1 Å². The van der Waals surface area contributed by atoms with Crippen LogP contribution in [0.25, 0.3) is 39.0 Å². The van der Waals surface area contributed by atoms with Gasteiger partial charge in [0.1, 0.15) is 0 Å². The number of anilines is 2. The van der Waals surface area contributed by atoms with Gasteiger partial charge in [0.2, 0.25) is 0 Å². The summed E-state index contributed by atoms with van der Waals surface area (Å²) in [5.74, 6) is 6.94. The molecule has 1 spiro atoms. The van der Waals surface area contributed by atoms with Crippen molar-refractivity contribution in [2.24, 2.45) is 0 Å². The molecule has 0 saturated heterocycles. The van der Waals surface area contributed by atoms with Crippen LogP contribution in [0, 0.1) is 11.8 Å². The molecular weight excluding hydrogens is 795 g/mol. The standard InChI is InChI=1S/C65H49N/c1-4-22-50(45-25-10-6-11-26-45)62-55-31-16-20-35-59(55)65(57-33-13-7-12-28-52(57)53-30-15-19-34-58(53)65)63(62)46-37-39-47(40-38-46)66(61-36-21-17-27-49(61)44-23-8-5-9-24-44)48-41-42-54-51-29-14-18-32-56(51)64(2,3)60(54)43-48/h4-6,8-12,14-32,34-37,39,41-43H,1,33,38,40H2,2-3H3/b50-22-. The van der Waals surface area contributed by atoms with E-state index in [0.717, 1.165) is 12.8 Å². The van der Waals surface area contributed by atoms with Gasteiger partial charge in [-0.3, -0.25) is 0 Å². The summed E-state index contributed by atoms with van der Waals surface area (Å²) in [6.45, 7) is 9.04. The highest BCUT2D eigenvalue weighted by molar-refractivity contribution is 6.14. The summed E-state index contributed by atoms with van der Waals surface area (Å²) < 4.78 is 0. The summed E-state index contributed by atoms with van der Waals surface area (Å²) in [4.78, 5) is 2.55. The highest BCUT2D eigenvalue weighted by atomic mass is 15.2. The van der Waals surface area contributed by atoms with Crippen LogP contribution in [0.3, 0.4) is 0 Å². The Hall–Kier alpha value is -7.92. The Balaban J connectivity index is 1.11. The van der Waals surface area contributed by atoms with E-state index < -0.39 is 5.41 Å². The van der Waals surface area contributed by atoms with Gasteiger partial charge in [0.15, 0.2) is 0 Å². The van der Waals surface area contributed by atoms with Crippen LogP contribution in [0.4, 0.5) is 11.4 Å². The van der Waals surface area contributed by atoms with Crippen LogP contribution < -0.4 is 4.90 Å². The first-order valence-electron chi connectivity index (χ1n) is 23.3. The SMILES string of the molecule is C=C/C=C(\C1=C(C2=CC=C(N(c3ccc4c(c3)C(C)(C)c3ccccc3-4)c3ccccc3-c3ccccc3)CC2)C2(C3=C(C=CC#CC3)c3ccccc32)c2ccccc21)c1ccccc1. The third-order valence-corrected chi connectivity index (χ3v) is 14.8. The highest BCUT2D eigenvalue weighted by Gasteiger charge is 2.55. The molecule has 0 aliphatic heterocycles. The Bertz CT molecular complexity index is 3420. The lowest BCUT2D eigenvalue weighted by Gasteiger charge is -2.37. The second-order valence-corrected chi connectivity index (χ2v) is 18.5. The number of hydrogen-bond donors (Lipinski definition) is 0. The molecule has 7 aromatic rings. The van der Waals surface area contributed by atoms with Gasteiger partial charge >= 0.3 is 0 Å². The van der Waals surface area contributed by atoms with Gasteiger partial charge in [0.25, 0.3) is 0 Å². The Morgan fingerprint density at radius 1 is 0.606 bits per heavy atom. The summed E-state index contributed by atoms with van der Waals surface area (Å²) in [6, 6.07) is 65.1. The van der Waals surface area contributed by atoms with Gasteiger partial charge < -0.3 is 4.90 Å². The van der Waals surface area contributed by atoms with E-state index in [1.54, 1.807) is 0 Å². The number of hydrogen-bond acceptors (Lipinski definition) is 1. The van der Waals surface area contributed by atoms with Crippen LogP contribution in [-0.2, 0) is 10.8 Å². The first kappa shape index (κ1) is 39.7. The fraction of sp³-hybridized carbons (Fsp3) is 0.108. The van der Waals surface area contributed by atoms with E-state index in [2.05, 4.69) is 237 Å². The Morgan fingerprint density at radius 2 is 1.24 bits per heavy atom. The molecule has 1 nitrogen and oxygen atoms in total. The molecule has 0 bridgehead atoms. The molecule has 12 rings (SSSR count). The monoisotopic (exact) mass is 843 g/mol. The predicted octanol–water partition coefficient (Wildman–Crippen LogP) is 16.2. The lowest BCUT2D eigenvalue weighted by Crippen LogP contribution is -2.30. The minimum atomic E-state index is -0.534. The van der Waals surface area contributed by atoms with Crippen LogP contribution in [0.1, 0.15) is 72.1 Å². The largest absolute Gasteiger partial charge is 0.314 e. The molecule has 314 valence electrons. The third-order valence-electron chi connectivity index (χ3n) is 14.8. The van der Waals surface area contributed by atoms with Crippen molar-refractivity contribution in [1.82, 2.24) is 0 Å². The summed E-state index contributed by atoms with van der Waals surface area (Å²) >= 11 is 0. The van der Waals surface area contributed by atoms with E-state index in [0.29, 0.717) is 6.42 Å². The van der Waals surface area contributed by atoms with Crippen molar-refractivity contribution in [3.8, 4) is 34.1 Å². The maximum atomic E-state index is 4.29. The van der Waals surface area contributed by atoms with Crippen LogP contribution in [0.5, 0.6) is 0 Å². The Kier molecular flexibility index (Phi) is 9.41. The summed E-state index contributed by atoms with van der Waals surface area (Å²) in [7, 11) is 0. The highest BCUT2D eigenvalue weighted by Crippen LogP contribution is 2.66. The number of benzene rings is 7. The van der Waals surface area contributed by atoms with Crippen molar-refractivity contribution in [2.45, 2.75) is 43.9 Å². The fourth-order valence-electron chi connectivity index (χ4n) is 12.0. The van der Waals surface area contributed by atoms with Gasteiger partial charge in [-0.15, -0.1) is 0 Å². The molecule has 0 amide bonds. The zero-order valence-electron chi connectivity index (χ0n) is 37.5. The van der Waals surface area contributed by atoms with Crippen LogP contribution in [0.15, 0.2) is 241 Å². The maximum Gasteiger partial charge on any atom is 0.0700 e. The van der Waals surface area contributed by atoms with Gasteiger partial charge in [0.05, 0.1) is 11.1 Å². The van der Waals surface area contributed by atoms with Crippen molar-refractivity contribution in [1.29, 1.82) is 0 Å². The summed E-state index contributed by atoms with van der Waals surface area (Å²) in [5.41, 5.74) is 25.0. The van der Waals surface area contributed by atoms with Gasteiger partial charge in [-0.1, -0.05) is 208 Å². The normalized spacial score (nSPS) is 18.3. The van der Waals surface area contributed by atoms with Gasteiger partial charge in [0, 0.05) is 28.8 Å². The van der Waals surface area contributed by atoms with Gasteiger partial charge in [-0.2, -0.15) is 0 Å². The topological polar surface area (TPSA) is 3.24 Å². The predicted molar refractivity (Wildman–Crippen MR) is 277 cm³/mol. The van der Waals surface area contributed by atoms with E-state index in [1.165, 1.54) is 112 Å². The number of nitrogens with zero attached hydrogens (tertiary/aromatic N) is 1. The Morgan fingerprint density at radius 3 is 1.98 bits per heavy atom. The number of rotatable bonds is 8. The van der Waals surface area contributed by atoms with Crippen LogP contribution in [0.2, 0.25) is 0 Å². The lowest BCUT2D eigenvalue weighted by atomic mass is 9.65. The van der Waals surface area contributed by atoms with Gasteiger partial charge in [-0.25, -0.2) is 0 Å². The van der Waals surface area contributed by atoms with E-state index in [1.807, 2.05) is 12.2 Å². The second-order valence-electron chi connectivity index (χ2n) is 18.5. The molecule has 0 saturated carbocycles. The van der Waals surface area contributed by atoms with E-state index in [4.69, 9.17) is 0 Å². The molecule has 0 radical (unpaired) electrons. The maximum absolute atomic E-state index is 4.29. The Labute approximate surface area is 389 Å². The minimum absolute atomic E-state index is 0.132. The van der Waals surface area contributed by atoms with Crippen molar-refractivity contribution in [2.75, 3.05) is 4.90 Å². The molecule has 0 fully saturated rings. The van der Waals surface area contributed by atoms with E-state index in [-0.39, 0.29) is 5.41 Å². The number of fused-ring (bicyclic) bond motifs is 9. The molecule has 5 aliphatic carbocycles. The average Bonchev–Trinajstić information content (AvgIpc) is 3.79. The summed E-state index contributed by atoms with van der Waals surface area (Å²) in [6.07, 6.45) is 15.8. The molecular formula is C65H49N. The molecule has 7 aromatic carbocycles. The molecule has 0 N–H and O–H groups in total. The zero-order valence-corrected chi connectivity index (χ0v) is 37.5. The van der Waals surface area contributed by atoms with Crippen LogP contribution >= 0.6 is 0 Å². The zero-order chi connectivity index (χ0) is 44.4. The lowest BCUT2D eigenvalue weighted by molar-refractivity contribution is 0.660. The van der Waals surface area contributed by atoms with Gasteiger partial charge in [-0.05, 0) is 138 Å². The molecule has 5 aliphatic rings. The van der Waals surface area contributed by atoms with E-state index >= 15 is 0 Å². The molecule has 0 heterocycles. The smallest absolute Gasteiger partial charge is 0.0700 e. The van der Waals surface area contributed by atoms with Crippen molar-refractivity contribution < 1.29 is 0 Å². The third kappa shape index (κ3) is 5.88. The molecule has 1 heteroatoms. The second kappa shape index (κ2) is 15.7. The molecule has 1 atom stereocenters.